The van der Waals surface area contributed by atoms with Crippen molar-refractivity contribution in [1.29, 1.82) is 0 Å². The zero-order chi connectivity index (χ0) is 12.3. The summed E-state index contributed by atoms with van der Waals surface area (Å²) in [6.45, 7) is 4.27. The van der Waals surface area contributed by atoms with Crippen LogP contribution in [0, 0.1) is 0 Å². The largest absolute Gasteiger partial charge is 0.464 e. The van der Waals surface area contributed by atoms with E-state index in [0.717, 1.165) is 17.5 Å². The van der Waals surface area contributed by atoms with Gasteiger partial charge in [0.1, 0.15) is 6.04 Å². The number of hydrogen-bond donors (Lipinski definition) is 0. The Kier molecular flexibility index (Phi) is 3.42. The molecule has 1 aromatic heterocycles. The van der Waals surface area contributed by atoms with Gasteiger partial charge in [0.05, 0.1) is 24.0 Å². The fourth-order valence-electron chi connectivity index (χ4n) is 1.72. The summed E-state index contributed by atoms with van der Waals surface area (Å²) in [6.07, 6.45) is 2.52. The monoisotopic (exact) mass is 232 g/mol. The smallest absolute Gasteiger partial charge is 0.328 e. The lowest BCUT2D eigenvalue weighted by molar-refractivity contribution is -0.147. The summed E-state index contributed by atoms with van der Waals surface area (Å²) in [5.41, 5.74) is 1.84. The Bertz CT molecular complexity index is 519. The average Bonchev–Trinajstić information content (AvgIpc) is 2.78. The fourth-order valence-corrected chi connectivity index (χ4v) is 1.72. The molecule has 1 unspecified atom stereocenters. The van der Waals surface area contributed by atoms with Gasteiger partial charge < -0.3 is 9.30 Å². The van der Waals surface area contributed by atoms with E-state index in [9.17, 15) is 4.79 Å². The topological polar surface area (TPSA) is 44.1 Å². The number of para-hydroxylation sites is 2. The van der Waals surface area contributed by atoms with Crippen molar-refractivity contribution in [3.05, 3.63) is 30.6 Å². The first-order chi connectivity index (χ1) is 8.24. The van der Waals surface area contributed by atoms with E-state index in [-0.39, 0.29) is 12.0 Å². The normalized spacial score (nSPS) is 12.6. The van der Waals surface area contributed by atoms with Crippen molar-refractivity contribution in [2.45, 2.75) is 26.3 Å². The quantitative estimate of drug-likeness (QED) is 0.761. The first-order valence-electron chi connectivity index (χ1n) is 5.82. The zero-order valence-electron chi connectivity index (χ0n) is 10.1. The molecule has 17 heavy (non-hydrogen) atoms. The van der Waals surface area contributed by atoms with Crippen molar-refractivity contribution in [1.82, 2.24) is 9.55 Å². The molecule has 4 heteroatoms. The third-order valence-corrected chi connectivity index (χ3v) is 2.69. The van der Waals surface area contributed by atoms with E-state index in [1.807, 2.05) is 42.7 Å². The van der Waals surface area contributed by atoms with Crippen LogP contribution in [0.2, 0.25) is 0 Å². The number of aromatic nitrogens is 2. The van der Waals surface area contributed by atoms with Crippen LogP contribution in [0.4, 0.5) is 0 Å². The molecule has 0 spiro atoms. The molecule has 0 aliphatic heterocycles. The number of ether oxygens (including phenoxy) is 1. The minimum atomic E-state index is -0.339. The van der Waals surface area contributed by atoms with Crippen LogP contribution in [0.15, 0.2) is 30.6 Å². The van der Waals surface area contributed by atoms with Crippen molar-refractivity contribution >= 4 is 17.0 Å². The summed E-state index contributed by atoms with van der Waals surface area (Å²) in [4.78, 5) is 16.0. The predicted octanol–water partition coefficient (Wildman–Crippen LogP) is 2.55. The van der Waals surface area contributed by atoms with E-state index in [1.54, 1.807) is 6.33 Å². The molecule has 0 N–H and O–H groups in total. The summed E-state index contributed by atoms with van der Waals surface area (Å²) < 4.78 is 6.98. The van der Waals surface area contributed by atoms with Gasteiger partial charge in [0, 0.05) is 0 Å². The molecular formula is C13H16N2O2. The van der Waals surface area contributed by atoms with Crippen LogP contribution in [0.3, 0.4) is 0 Å². The first kappa shape index (κ1) is 11.6. The molecule has 2 rings (SSSR count). The molecular weight excluding hydrogens is 216 g/mol. The van der Waals surface area contributed by atoms with Gasteiger partial charge >= 0.3 is 5.97 Å². The van der Waals surface area contributed by atoms with Gasteiger partial charge in [0.25, 0.3) is 0 Å². The Morgan fingerprint density at radius 1 is 1.47 bits per heavy atom. The Labute approximate surface area is 100 Å². The Hall–Kier alpha value is -1.84. The van der Waals surface area contributed by atoms with Crippen molar-refractivity contribution in [2.24, 2.45) is 0 Å². The fraction of sp³-hybridized carbons (Fsp3) is 0.385. The van der Waals surface area contributed by atoms with Crippen LogP contribution in [0.25, 0.3) is 11.0 Å². The minimum Gasteiger partial charge on any atom is -0.464 e. The molecule has 1 aromatic carbocycles. The van der Waals surface area contributed by atoms with Crippen LogP contribution >= 0.6 is 0 Å². The van der Waals surface area contributed by atoms with E-state index in [1.165, 1.54) is 0 Å². The van der Waals surface area contributed by atoms with Crippen LogP contribution in [-0.4, -0.2) is 22.1 Å². The van der Waals surface area contributed by atoms with Gasteiger partial charge in [-0.1, -0.05) is 19.1 Å². The first-order valence-corrected chi connectivity index (χ1v) is 5.82. The third-order valence-electron chi connectivity index (χ3n) is 2.69. The summed E-state index contributed by atoms with van der Waals surface area (Å²) in [5, 5.41) is 0. The number of carbonyl (C=O) groups is 1. The lowest BCUT2D eigenvalue weighted by Crippen LogP contribution is -2.18. The number of nitrogens with zero attached hydrogens (tertiary/aromatic N) is 2. The molecule has 0 amide bonds. The maximum Gasteiger partial charge on any atom is 0.328 e. The third kappa shape index (κ3) is 2.30. The van der Waals surface area contributed by atoms with Crippen LogP contribution < -0.4 is 0 Å². The number of rotatable bonds is 4. The molecule has 0 saturated carbocycles. The number of esters is 1. The SMILES string of the molecule is CCCOC(=O)C(C)n1cnc2ccccc21. The van der Waals surface area contributed by atoms with Crippen molar-refractivity contribution in [3.8, 4) is 0 Å². The molecule has 90 valence electrons. The number of imidazole rings is 1. The molecule has 0 radical (unpaired) electrons. The van der Waals surface area contributed by atoms with E-state index < -0.39 is 0 Å². The van der Waals surface area contributed by atoms with E-state index in [0.29, 0.717) is 6.61 Å². The van der Waals surface area contributed by atoms with Crippen LogP contribution in [-0.2, 0) is 9.53 Å². The highest BCUT2D eigenvalue weighted by molar-refractivity contribution is 5.80. The van der Waals surface area contributed by atoms with Crippen molar-refractivity contribution in [3.63, 3.8) is 0 Å². The molecule has 0 fully saturated rings. The van der Waals surface area contributed by atoms with Gasteiger partial charge in [-0.05, 0) is 25.5 Å². The van der Waals surface area contributed by atoms with Crippen LogP contribution in [0.1, 0.15) is 26.3 Å². The van der Waals surface area contributed by atoms with Gasteiger partial charge in [0.15, 0.2) is 0 Å². The maximum atomic E-state index is 11.8. The number of fused-ring (bicyclic) bond motifs is 1. The highest BCUT2D eigenvalue weighted by atomic mass is 16.5. The number of carbonyl (C=O) groups excluding carboxylic acids is 1. The Morgan fingerprint density at radius 3 is 3.00 bits per heavy atom. The molecule has 2 aromatic rings. The molecule has 0 saturated heterocycles. The second kappa shape index (κ2) is 4.99. The summed E-state index contributed by atoms with van der Waals surface area (Å²) in [6, 6.07) is 7.40. The van der Waals surface area contributed by atoms with Gasteiger partial charge in [-0.15, -0.1) is 0 Å². The molecule has 0 aliphatic rings. The second-order valence-electron chi connectivity index (χ2n) is 3.98. The molecule has 0 aliphatic carbocycles. The van der Waals surface area contributed by atoms with Crippen LogP contribution in [0.5, 0.6) is 0 Å². The minimum absolute atomic E-state index is 0.213. The highest BCUT2D eigenvalue weighted by Gasteiger charge is 2.17. The van der Waals surface area contributed by atoms with Gasteiger partial charge in [-0.25, -0.2) is 9.78 Å². The second-order valence-corrected chi connectivity index (χ2v) is 3.98. The predicted molar refractivity (Wildman–Crippen MR) is 65.7 cm³/mol. The van der Waals surface area contributed by atoms with E-state index in [4.69, 9.17) is 4.74 Å². The number of hydrogen-bond acceptors (Lipinski definition) is 3. The molecule has 0 bridgehead atoms. The average molecular weight is 232 g/mol. The van der Waals surface area contributed by atoms with E-state index >= 15 is 0 Å². The van der Waals surface area contributed by atoms with Gasteiger partial charge in [0.2, 0.25) is 0 Å². The summed E-state index contributed by atoms with van der Waals surface area (Å²) in [5.74, 6) is -0.213. The summed E-state index contributed by atoms with van der Waals surface area (Å²) in [7, 11) is 0. The summed E-state index contributed by atoms with van der Waals surface area (Å²) >= 11 is 0. The van der Waals surface area contributed by atoms with Crippen molar-refractivity contribution in [2.75, 3.05) is 6.61 Å². The highest BCUT2D eigenvalue weighted by Crippen LogP contribution is 2.18. The van der Waals surface area contributed by atoms with Gasteiger partial charge in [-0.3, -0.25) is 0 Å². The molecule has 1 heterocycles. The Balaban J connectivity index is 2.24. The standard InChI is InChI=1S/C13H16N2O2/c1-3-8-17-13(16)10(2)15-9-14-11-6-4-5-7-12(11)15/h4-7,9-10H,3,8H2,1-2H3. The Morgan fingerprint density at radius 2 is 2.24 bits per heavy atom. The van der Waals surface area contributed by atoms with E-state index in [2.05, 4.69) is 4.98 Å². The lowest BCUT2D eigenvalue weighted by Gasteiger charge is -2.13. The molecule has 1 atom stereocenters. The van der Waals surface area contributed by atoms with Crippen molar-refractivity contribution < 1.29 is 9.53 Å². The van der Waals surface area contributed by atoms with Gasteiger partial charge in [-0.2, -0.15) is 0 Å². The maximum absolute atomic E-state index is 11.8. The zero-order valence-corrected chi connectivity index (χ0v) is 10.1. The number of benzene rings is 1. The lowest BCUT2D eigenvalue weighted by atomic mass is 10.3. The molecule has 4 nitrogen and oxygen atoms in total.